The van der Waals surface area contributed by atoms with E-state index in [0.29, 0.717) is 16.1 Å². The number of likely N-dealkylation sites (tertiary alicyclic amines) is 1. The molecule has 1 fully saturated rings. The van der Waals surface area contributed by atoms with Gasteiger partial charge in [-0.1, -0.05) is 54.4 Å². The molecule has 162 valence electrons. The van der Waals surface area contributed by atoms with Gasteiger partial charge in [0.25, 0.3) is 5.56 Å². The average Bonchev–Trinajstić information content (AvgIpc) is 3.04. The van der Waals surface area contributed by atoms with Crippen molar-refractivity contribution in [1.82, 2.24) is 14.5 Å². The Kier molecular flexibility index (Phi) is 6.46. The highest BCUT2D eigenvalue weighted by Crippen LogP contribution is 2.28. The second-order valence-electron chi connectivity index (χ2n) is 8.34. The van der Waals surface area contributed by atoms with Crippen LogP contribution >= 0.6 is 11.8 Å². The molecule has 2 aromatic carbocycles. The minimum atomic E-state index is -0.317. The lowest BCUT2D eigenvalue weighted by Crippen LogP contribution is -2.37. The first-order valence-electron chi connectivity index (χ1n) is 11.0. The van der Waals surface area contributed by atoms with Crippen LogP contribution in [0.15, 0.2) is 52.4 Å². The molecule has 1 atom stereocenters. The number of amides is 1. The van der Waals surface area contributed by atoms with Gasteiger partial charge in [0.05, 0.1) is 21.8 Å². The Morgan fingerprint density at radius 3 is 2.45 bits per heavy atom. The molecule has 3 aromatic rings. The maximum Gasteiger partial charge on any atom is 0.266 e. The highest BCUT2D eigenvalue weighted by molar-refractivity contribution is 8.00. The Balaban J connectivity index is 1.77. The van der Waals surface area contributed by atoms with E-state index in [2.05, 4.69) is 6.07 Å². The van der Waals surface area contributed by atoms with Gasteiger partial charge in [0, 0.05) is 13.1 Å². The lowest BCUT2D eigenvalue weighted by atomic mass is 10.1. The Morgan fingerprint density at radius 2 is 1.74 bits per heavy atom. The molecule has 0 spiro atoms. The van der Waals surface area contributed by atoms with E-state index >= 15 is 0 Å². The number of hydrogen-bond donors (Lipinski definition) is 0. The first-order valence-corrected chi connectivity index (χ1v) is 11.9. The van der Waals surface area contributed by atoms with Crippen molar-refractivity contribution in [3.8, 4) is 5.69 Å². The second-order valence-corrected chi connectivity index (χ2v) is 9.65. The van der Waals surface area contributed by atoms with Gasteiger partial charge in [-0.3, -0.25) is 14.2 Å². The number of hydrogen-bond acceptors (Lipinski definition) is 4. The summed E-state index contributed by atoms with van der Waals surface area (Å²) in [5.41, 5.74) is 3.51. The molecule has 1 aromatic heterocycles. The molecule has 4 rings (SSSR count). The first kappa shape index (κ1) is 21.6. The van der Waals surface area contributed by atoms with Crippen molar-refractivity contribution >= 4 is 28.6 Å². The molecule has 0 aliphatic carbocycles. The summed E-state index contributed by atoms with van der Waals surface area (Å²) in [5, 5.41) is 0.827. The van der Waals surface area contributed by atoms with Gasteiger partial charge in [-0.05, 0) is 57.4 Å². The summed E-state index contributed by atoms with van der Waals surface area (Å²) in [5.74, 6) is 0.126. The monoisotopic (exact) mass is 435 g/mol. The summed E-state index contributed by atoms with van der Waals surface area (Å²) in [6.45, 7) is 7.60. The zero-order valence-electron chi connectivity index (χ0n) is 18.4. The average molecular weight is 436 g/mol. The SMILES string of the molecule is Cc1ccc(-n2c(SC(C)C(=O)N3CCCCCC3)nc3ccccc3c2=O)c(C)c1. The van der Waals surface area contributed by atoms with Crippen LogP contribution in [0.4, 0.5) is 0 Å². The van der Waals surface area contributed by atoms with Crippen LogP contribution in [0.3, 0.4) is 0 Å². The molecule has 1 unspecified atom stereocenters. The molecule has 1 aliphatic heterocycles. The number of aromatic nitrogens is 2. The van der Waals surface area contributed by atoms with Crippen LogP contribution in [0, 0.1) is 13.8 Å². The number of nitrogens with zero attached hydrogens (tertiary/aromatic N) is 3. The molecule has 1 aliphatic rings. The van der Waals surface area contributed by atoms with Gasteiger partial charge in [0.1, 0.15) is 0 Å². The number of aryl methyl sites for hydroxylation is 2. The molecule has 5 nitrogen and oxygen atoms in total. The zero-order chi connectivity index (χ0) is 22.0. The minimum absolute atomic E-state index is 0.102. The van der Waals surface area contributed by atoms with Crippen molar-refractivity contribution in [2.45, 2.75) is 56.9 Å². The van der Waals surface area contributed by atoms with Crippen LogP contribution in [-0.2, 0) is 4.79 Å². The molecule has 1 amide bonds. The molecule has 1 saturated heterocycles. The third-order valence-corrected chi connectivity index (χ3v) is 6.93. The van der Waals surface area contributed by atoms with Gasteiger partial charge < -0.3 is 4.90 Å². The molecule has 6 heteroatoms. The fourth-order valence-electron chi connectivity index (χ4n) is 4.22. The van der Waals surface area contributed by atoms with E-state index in [1.165, 1.54) is 24.6 Å². The van der Waals surface area contributed by atoms with Gasteiger partial charge in [0.2, 0.25) is 5.91 Å². The maximum atomic E-state index is 13.5. The van der Waals surface area contributed by atoms with Crippen LogP contribution in [0.5, 0.6) is 0 Å². The number of carbonyl (C=O) groups excluding carboxylic acids is 1. The Morgan fingerprint density at radius 1 is 1.03 bits per heavy atom. The summed E-state index contributed by atoms with van der Waals surface area (Å²) in [7, 11) is 0. The van der Waals surface area contributed by atoms with Gasteiger partial charge in [-0.2, -0.15) is 0 Å². The Labute approximate surface area is 187 Å². The number of fused-ring (bicyclic) bond motifs is 1. The molecular formula is C25H29N3O2S. The fraction of sp³-hybridized carbons (Fsp3) is 0.400. The molecular weight excluding hydrogens is 406 g/mol. The number of rotatable bonds is 4. The zero-order valence-corrected chi connectivity index (χ0v) is 19.2. The summed E-state index contributed by atoms with van der Waals surface area (Å²) >= 11 is 1.38. The van der Waals surface area contributed by atoms with E-state index in [-0.39, 0.29) is 16.7 Å². The molecule has 0 bridgehead atoms. The van der Waals surface area contributed by atoms with Crippen LogP contribution in [0.2, 0.25) is 0 Å². The molecule has 2 heterocycles. The number of benzene rings is 2. The largest absolute Gasteiger partial charge is 0.342 e. The minimum Gasteiger partial charge on any atom is -0.342 e. The summed E-state index contributed by atoms with van der Waals surface area (Å²) < 4.78 is 1.67. The quantitative estimate of drug-likeness (QED) is 0.433. The second kappa shape index (κ2) is 9.27. The smallest absolute Gasteiger partial charge is 0.266 e. The van der Waals surface area contributed by atoms with Crippen molar-refractivity contribution in [2.75, 3.05) is 13.1 Å². The van der Waals surface area contributed by atoms with Crippen molar-refractivity contribution in [3.63, 3.8) is 0 Å². The van der Waals surface area contributed by atoms with Gasteiger partial charge in [-0.25, -0.2) is 4.98 Å². The van der Waals surface area contributed by atoms with Crippen molar-refractivity contribution in [1.29, 1.82) is 0 Å². The lowest BCUT2D eigenvalue weighted by molar-refractivity contribution is -0.130. The highest BCUT2D eigenvalue weighted by Gasteiger charge is 2.25. The van der Waals surface area contributed by atoms with E-state index in [0.717, 1.165) is 42.7 Å². The highest BCUT2D eigenvalue weighted by atomic mass is 32.2. The normalized spacial score (nSPS) is 15.6. The van der Waals surface area contributed by atoms with Gasteiger partial charge in [0.15, 0.2) is 5.16 Å². The van der Waals surface area contributed by atoms with Gasteiger partial charge >= 0.3 is 0 Å². The van der Waals surface area contributed by atoms with Crippen LogP contribution in [0.1, 0.15) is 43.7 Å². The number of para-hydroxylation sites is 1. The van der Waals surface area contributed by atoms with E-state index in [4.69, 9.17) is 4.98 Å². The number of thioether (sulfide) groups is 1. The predicted octanol–water partition coefficient (Wildman–Crippen LogP) is 4.89. The predicted molar refractivity (Wildman–Crippen MR) is 127 cm³/mol. The van der Waals surface area contributed by atoms with Crippen molar-refractivity contribution in [3.05, 3.63) is 63.9 Å². The molecule has 0 radical (unpaired) electrons. The van der Waals surface area contributed by atoms with E-state index in [9.17, 15) is 9.59 Å². The van der Waals surface area contributed by atoms with Gasteiger partial charge in [-0.15, -0.1) is 0 Å². The molecule has 0 N–H and O–H groups in total. The van der Waals surface area contributed by atoms with Crippen LogP contribution < -0.4 is 5.56 Å². The maximum absolute atomic E-state index is 13.5. The Bertz CT molecular complexity index is 1160. The van der Waals surface area contributed by atoms with Crippen molar-refractivity contribution < 1.29 is 4.79 Å². The lowest BCUT2D eigenvalue weighted by Gasteiger charge is -2.24. The third kappa shape index (κ3) is 4.54. The first-order chi connectivity index (χ1) is 15.0. The summed E-state index contributed by atoms with van der Waals surface area (Å²) in [6, 6.07) is 13.4. The number of carbonyl (C=O) groups is 1. The summed E-state index contributed by atoms with van der Waals surface area (Å²) in [6.07, 6.45) is 4.49. The van der Waals surface area contributed by atoms with E-state index < -0.39 is 0 Å². The Hall–Kier alpha value is -2.60. The van der Waals surface area contributed by atoms with Crippen LogP contribution in [0.25, 0.3) is 16.6 Å². The van der Waals surface area contributed by atoms with E-state index in [1.54, 1.807) is 4.57 Å². The van der Waals surface area contributed by atoms with E-state index in [1.807, 2.05) is 62.1 Å². The molecule has 0 saturated carbocycles. The topological polar surface area (TPSA) is 55.2 Å². The van der Waals surface area contributed by atoms with Crippen molar-refractivity contribution in [2.24, 2.45) is 0 Å². The fourth-order valence-corrected chi connectivity index (χ4v) is 5.22. The molecule has 31 heavy (non-hydrogen) atoms. The van der Waals surface area contributed by atoms with Crippen LogP contribution in [-0.4, -0.2) is 38.7 Å². The standard InChI is InChI=1S/C25H29N3O2S/c1-17-12-13-22(18(2)16-17)28-24(30)20-10-6-7-11-21(20)26-25(28)31-19(3)23(29)27-14-8-4-5-9-15-27/h6-7,10-13,16,19H,4-5,8-9,14-15H2,1-3H3. The summed E-state index contributed by atoms with van der Waals surface area (Å²) in [4.78, 5) is 33.4. The third-order valence-electron chi connectivity index (χ3n) is 5.89.